The van der Waals surface area contributed by atoms with Gasteiger partial charge in [-0.05, 0) is 38.7 Å². The minimum atomic E-state index is -0.207. The molecule has 3 heterocycles. The standard InChI is InChI=1S/C24H31N5O3/c1-16-19-9-6-12-28(15-18-8-4-5-11-21(18)32-3)24(19)27-23(26-16)20-10-7-13-29(20)22(31)14-25-17(2)30/h4-5,8,11,20H,6-7,9-10,12-15H2,1-3H3,(H,25,30). The molecular weight excluding hydrogens is 406 g/mol. The van der Waals surface area contributed by atoms with Gasteiger partial charge in [-0.2, -0.15) is 0 Å². The Morgan fingerprint density at radius 2 is 2.00 bits per heavy atom. The molecule has 0 radical (unpaired) electrons. The zero-order chi connectivity index (χ0) is 22.7. The number of rotatable bonds is 6. The first kappa shape index (κ1) is 22.0. The molecule has 0 aliphatic carbocycles. The van der Waals surface area contributed by atoms with Gasteiger partial charge in [-0.1, -0.05) is 18.2 Å². The fraction of sp³-hybridized carbons (Fsp3) is 0.500. The Bertz CT molecular complexity index is 1010. The first-order valence-corrected chi connectivity index (χ1v) is 11.3. The van der Waals surface area contributed by atoms with Gasteiger partial charge >= 0.3 is 0 Å². The first-order chi connectivity index (χ1) is 15.5. The molecule has 1 fully saturated rings. The Kier molecular flexibility index (Phi) is 6.58. The van der Waals surface area contributed by atoms with Gasteiger partial charge in [-0.3, -0.25) is 9.59 Å². The fourth-order valence-electron chi connectivity index (χ4n) is 4.69. The molecule has 170 valence electrons. The van der Waals surface area contributed by atoms with Gasteiger partial charge in [-0.25, -0.2) is 9.97 Å². The van der Waals surface area contributed by atoms with E-state index in [0.29, 0.717) is 18.9 Å². The van der Waals surface area contributed by atoms with E-state index < -0.39 is 0 Å². The van der Waals surface area contributed by atoms with Crippen molar-refractivity contribution in [2.24, 2.45) is 0 Å². The lowest BCUT2D eigenvalue weighted by Gasteiger charge is -2.33. The minimum Gasteiger partial charge on any atom is -0.496 e. The number of nitrogens with zero attached hydrogens (tertiary/aromatic N) is 4. The number of amides is 2. The van der Waals surface area contributed by atoms with Crippen LogP contribution < -0.4 is 15.0 Å². The molecule has 1 unspecified atom stereocenters. The van der Waals surface area contributed by atoms with Crippen LogP contribution in [0.25, 0.3) is 0 Å². The molecule has 0 spiro atoms. The van der Waals surface area contributed by atoms with Crippen molar-refractivity contribution in [3.8, 4) is 5.75 Å². The summed E-state index contributed by atoms with van der Waals surface area (Å²) >= 11 is 0. The summed E-state index contributed by atoms with van der Waals surface area (Å²) in [7, 11) is 1.69. The van der Waals surface area contributed by atoms with E-state index in [1.807, 2.05) is 30.0 Å². The normalized spacial score (nSPS) is 17.8. The van der Waals surface area contributed by atoms with E-state index in [2.05, 4.69) is 16.3 Å². The van der Waals surface area contributed by atoms with Crippen molar-refractivity contribution in [2.75, 3.05) is 31.6 Å². The number of nitrogens with one attached hydrogen (secondary N) is 1. The SMILES string of the molecule is COc1ccccc1CN1CCCc2c(C)nc(C3CCCN3C(=O)CNC(C)=O)nc21. The van der Waals surface area contributed by atoms with E-state index in [1.165, 1.54) is 12.5 Å². The van der Waals surface area contributed by atoms with Crippen LogP contribution in [-0.4, -0.2) is 53.4 Å². The number of fused-ring (bicyclic) bond motifs is 1. The molecule has 2 amide bonds. The maximum atomic E-state index is 12.7. The lowest BCUT2D eigenvalue weighted by molar-refractivity contribution is -0.133. The van der Waals surface area contributed by atoms with Crippen LogP contribution in [0.1, 0.15) is 54.9 Å². The van der Waals surface area contributed by atoms with Crippen LogP contribution >= 0.6 is 0 Å². The van der Waals surface area contributed by atoms with Gasteiger partial charge < -0.3 is 19.9 Å². The van der Waals surface area contributed by atoms with Crippen molar-refractivity contribution in [2.45, 2.75) is 52.1 Å². The summed E-state index contributed by atoms with van der Waals surface area (Å²) in [6, 6.07) is 7.91. The smallest absolute Gasteiger partial charge is 0.242 e. The molecule has 4 rings (SSSR count). The Morgan fingerprint density at radius 1 is 1.19 bits per heavy atom. The second kappa shape index (κ2) is 9.54. The van der Waals surface area contributed by atoms with Gasteiger partial charge in [0.05, 0.1) is 19.7 Å². The summed E-state index contributed by atoms with van der Waals surface area (Å²) in [5.41, 5.74) is 3.29. The second-order valence-electron chi connectivity index (χ2n) is 8.46. The first-order valence-electron chi connectivity index (χ1n) is 11.3. The van der Waals surface area contributed by atoms with Gasteiger partial charge in [0.2, 0.25) is 11.8 Å². The van der Waals surface area contributed by atoms with Gasteiger partial charge in [0.15, 0.2) is 5.82 Å². The van der Waals surface area contributed by atoms with Crippen LogP contribution in [-0.2, 0) is 22.6 Å². The minimum absolute atomic E-state index is 0.00961. The highest BCUT2D eigenvalue weighted by molar-refractivity contribution is 5.84. The average Bonchev–Trinajstić information content (AvgIpc) is 3.28. The number of anilines is 1. The lowest BCUT2D eigenvalue weighted by Crippen LogP contribution is -2.40. The van der Waals surface area contributed by atoms with Crippen molar-refractivity contribution < 1.29 is 14.3 Å². The number of aryl methyl sites for hydroxylation is 1. The molecule has 1 N–H and O–H groups in total. The van der Waals surface area contributed by atoms with Gasteiger partial charge in [0.1, 0.15) is 11.6 Å². The lowest BCUT2D eigenvalue weighted by atomic mass is 10.0. The number of carbonyl (C=O) groups is 2. The summed E-state index contributed by atoms with van der Waals surface area (Å²) in [4.78, 5) is 37.9. The van der Waals surface area contributed by atoms with E-state index >= 15 is 0 Å². The predicted molar refractivity (Wildman–Crippen MR) is 122 cm³/mol. The van der Waals surface area contributed by atoms with Gasteiger partial charge in [-0.15, -0.1) is 0 Å². The zero-order valence-corrected chi connectivity index (χ0v) is 19.1. The van der Waals surface area contributed by atoms with Crippen molar-refractivity contribution in [3.63, 3.8) is 0 Å². The number of para-hydroxylation sites is 1. The van der Waals surface area contributed by atoms with E-state index in [1.54, 1.807) is 7.11 Å². The highest BCUT2D eigenvalue weighted by Gasteiger charge is 2.33. The van der Waals surface area contributed by atoms with Crippen LogP contribution in [0.2, 0.25) is 0 Å². The van der Waals surface area contributed by atoms with Crippen molar-refractivity contribution >= 4 is 17.6 Å². The van der Waals surface area contributed by atoms with E-state index in [0.717, 1.165) is 55.1 Å². The average molecular weight is 438 g/mol. The maximum Gasteiger partial charge on any atom is 0.242 e. The van der Waals surface area contributed by atoms with Gasteiger partial charge in [0, 0.05) is 43.4 Å². The highest BCUT2D eigenvalue weighted by atomic mass is 16.5. The summed E-state index contributed by atoms with van der Waals surface area (Å²) < 4.78 is 5.55. The molecule has 1 saturated heterocycles. The third kappa shape index (κ3) is 4.54. The number of carbonyl (C=O) groups excluding carboxylic acids is 2. The molecule has 2 aliphatic heterocycles. The zero-order valence-electron chi connectivity index (χ0n) is 19.1. The number of methoxy groups -OCH3 is 1. The van der Waals surface area contributed by atoms with Crippen LogP contribution in [0.15, 0.2) is 24.3 Å². The fourth-order valence-corrected chi connectivity index (χ4v) is 4.69. The molecular formula is C24H31N5O3. The Balaban J connectivity index is 1.62. The van der Waals surface area contributed by atoms with E-state index in [-0.39, 0.29) is 24.4 Å². The molecule has 32 heavy (non-hydrogen) atoms. The largest absolute Gasteiger partial charge is 0.496 e. The molecule has 8 nitrogen and oxygen atoms in total. The van der Waals surface area contributed by atoms with Crippen LogP contribution in [0.5, 0.6) is 5.75 Å². The van der Waals surface area contributed by atoms with Crippen molar-refractivity contribution in [3.05, 3.63) is 46.9 Å². The topological polar surface area (TPSA) is 87.7 Å². The number of hydrogen-bond donors (Lipinski definition) is 1. The second-order valence-corrected chi connectivity index (χ2v) is 8.46. The summed E-state index contributed by atoms with van der Waals surface area (Å²) in [5.74, 6) is 2.23. The summed E-state index contributed by atoms with van der Waals surface area (Å²) in [6.07, 6.45) is 3.74. The van der Waals surface area contributed by atoms with Crippen molar-refractivity contribution in [1.82, 2.24) is 20.2 Å². The molecule has 2 aromatic rings. The molecule has 1 aromatic carbocycles. The molecule has 2 aliphatic rings. The monoisotopic (exact) mass is 437 g/mol. The van der Waals surface area contributed by atoms with Gasteiger partial charge in [0.25, 0.3) is 0 Å². The maximum absolute atomic E-state index is 12.7. The molecule has 8 heteroatoms. The number of hydrogen-bond acceptors (Lipinski definition) is 6. The van der Waals surface area contributed by atoms with E-state index in [4.69, 9.17) is 14.7 Å². The Hall–Kier alpha value is -3.16. The van der Waals surface area contributed by atoms with Crippen LogP contribution in [0.3, 0.4) is 0 Å². The van der Waals surface area contributed by atoms with Crippen molar-refractivity contribution in [1.29, 1.82) is 0 Å². The molecule has 1 aromatic heterocycles. The van der Waals surface area contributed by atoms with Crippen LogP contribution in [0.4, 0.5) is 5.82 Å². The Morgan fingerprint density at radius 3 is 2.78 bits per heavy atom. The summed E-state index contributed by atoms with van der Waals surface area (Å²) in [5, 5.41) is 2.61. The molecule has 0 bridgehead atoms. The molecule has 1 atom stereocenters. The number of likely N-dealkylation sites (tertiary alicyclic amines) is 1. The summed E-state index contributed by atoms with van der Waals surface area (Å²) in [6.45, 7) is 5.75. The van der Waals surface area contributed by atoms with Crippen LogP contribution in [0, 0.1) is 6.92 Å². The predicted octanol–water partition coefficient (Wildman–Crippen LogP) is 2.55. The highest BCUT2D eigenvalue weighted by Crippen LogP contribution is 2.35. The third-order valence-electron chi connectivity index (χ3n) is 6.28. The number of ether oxygens (including phenoxy) is 1. The van der Waals surface area contributed by atoms with E-state index in [9.17, 15) is 9.59 Å². The quantitative estimate of drug-likeness (QED) is 0.747. The Labute approximate surface area is 189 Å². The number of benzene rings is 1. The third-order valence-corrected chi connectivity index (χ3v) is 6.28. The number of aromatic nitrogens is 2. The molecule has 0 saturated carbocycles.